The van der Waals surface area contributed by atoms with Crippen LogP contribution in [0, 0.1) is 17.6 Å². The van der Waals surface area contributed by atoms with Crippen LogP contribution in [0.2, 0.25) is 0 Å². The maximum Gasteiger partial charge on any atom is 0.357 e. The zero-order valence-electron chi connectivity index (χ0n) is 22.7. The van der Waals surface area contributed by atoms with E-state index in [9.17, 15) is 18.4 Å². The van der Waals surface area contributed by atoms with Gasteiger partial charge >= 0.3 is 5.97 Å². The van der Waals surface area contributed by atoms with Crippen LogP contribution in [-0.2, 0) is 14.4 Å². The first kappa shape index (κ1) is 27.4. The molecular weight excluding hydrogens is 556 g/mol. The van der Waals surface area contributed by atoms with Crippen LogP contribution in [0.4, 0.5) is 14.5 Å². The second-order valence-corrected chi connectivity index (χ2v) is 11.8. The van der Waals surface area contributed by atoms with Gasteiger partial charge < -0.3 is 19.1 Å². The highest BCUT2D eigenvalue weighted by Crippen LogP contribution is 2.47. The van der Waals surface area contributed by atoms with Crippen molar-refractivity contribution >= 4 is 45.9 Å². The number of nitrogens with one attached hydrogen (secondary N) is 2. The normalized spacial score (nSPS) is 19.3. The minimum Gasteiger partial charge on any atom is -0.461 e. The van der Waals surface area contributed by atoms with Gasteiger partial charge in [-0.3, -0.25) is 14.6 Å². The molecule has 0 radical (unpaired) electrons. The molecule has 41 heavy (non-hydrogen) atoms. The van der Waals surface area contributed by atoms with Crippen molar-refractivity contribution in [2.75, 3.05) is 19.7 Å². The molecule has 10 nitrogen and oxygen atoms in total. The molecule has 2 N–H and O–H groups in total. The summed E-state index contributed by atoms with van der Waals surface area (Å²) >= 11 is 1.14. The topological polar surface area (TPSA) is 126 Å². The third-order valence-corrected chi connectivity index (χ3v) is 7.48. The van der Waals surface area contributed by atoms with E-state index < -0.39 is 35.0 Å². The number of piperidine rings is 1. The van der Waals surface area contributed by atoms with Gasteiger partial charge in [0.05, 0.1) is 53.9 Å². The molecule has 2 unspecified atom stereocenters. The number of hydrogen-bond acceptors (Lipinski definition) is 9. The van der Waals surface area contributed by atoms with Crippen molar-refractivity contribution in [1.82, 2.24) is 20.0 Å². The molecule has 3 aromatic heterocycles. The van der Waals surface area contributed by atoms with Crippen LogP contribution in [0.5, 0.6) is 0 Å². The molecule has 4 aromatic rings. The second kappa shape index (κ2) is 10.2. The van der Waals surface area contributed by atoms with Crippen molar-refractivity contribution in [3.63, 3.8) is 0 Å². The lowest BCUT2D eigenvalue weighted by atomic mass is 9.75. The number of hydrogen-bond donors (Lipinski definition) is 2. The van der Waals surface area contributed by atoms with Gasteiger partial charge in [-0.05, 0) is 51.6 Å². The minimum absolute atomic E-state index is 0.0658. The highest BCUT2D eigenvalue weighted by molar-refractivity contribution is 7.99. The highest BCUT2D eigenvalue weighted by Gasteiger charge is 2.46. The Hall–Kier alpha value is -3.81. The summed E-state index contributed by atoms with van der Waals surface area (Å²) < 4.78 is 38.7. The van der Waals surface area contributed by atoms with Crippen LogP contribution >= 0.6 is 11.8 Å². The largest absolute Gasteiger partial charge is 0.461 e. The molecule has 1 aromatic carbocycles. The predicted molar refractivity (Wildman–Crippen MR) is 145 cm³/mol. The fourth-order valence-corrected chi connectivity index (χ4v) is 5.97. The molecule has 1 fully saturated rings. The number of ether oxygens (including phenoxy) is 1. The SMILES string of the molecule is CCOC(=O)c1[nH]cc2c1N=C1CN(OC(C)(C)C)CC(=O)C1C2c1ccc(Sc2nc3cc(F)c(F)cc3[nH]2)o1. The van der Waals surface area contributed by atoms with Crippen LogP contribution in [-0.4, -0.2) is 62.8 Å². The molecule has 0 aliphatic carbocycles. The number of furan rings is 1. The first-order valence-electron chi connectivity index (χ1n) is 13.1. The number of aromatic amines is 2. The number of imidazole rings is 1. The second-order valence-electron chi connectivity index (χ2n) is 10.8. The van der Waals surface area contributed by atoms with Gasteiger partial charge in [-0.15, -0.1) is 0 Å². The highest BCUT2D eigenvalue weighted by atomic mass is 32.2. The molecule has 0 saturated carbocycles. The Labute approximate surface area is 237 Å². The lowest BCUT2D eigenvalue weighted by molar-refractivity contribution is -0.222. The van der Waals surface area contributed by atoms with Gasteiger partial charge in [0.15, 0.2) is 33.4 Å². The number of ketones is 1. The predicted octanol–water partition coefficient (Wildman–Crippen LogP) is 5.54. The Morgan fingerprint density at radius 1 is 1.20 bits per heavy atom. The molecule has 0 spiro atoms. The number of aliphatic imine (C=N–C) groups is 1. The van der Waals surface area contributed by atoms with Crippen LogP contribution in [0.25, 0.3) is 11.0 Å². The summed E-state index contributed by atoms with van der Waals surface area (Å²) in [5.41, 5.74) is 1.91. The number of esters is 1. The molecule has 214 valence electrons. The number of carbonyl (C=O) groups is 2. The molecule has 2 aliphatic heterocycles. The fraction of sp³-hybridized carbons (Fsp3) is 0.357. The minimum atomic E-state index is -0.983. The van der Waals surface area contributed by atoms with Gasteiger partial charge in [0, 0.05) is 29.6 Å². The average Bonchev–Trinajstić information content (AvgIpc) is 3.61. The van der Waals surface area contributed by atoms with E-state index >= 15 is 0 Å². The van der Waals surface area contributed by atoms with Crippen molar-refractivity contribution in [3.05, 3.63) is 59.1 Å². The third-order valence-electron chi connectivity index (χ3n) is 6.67. The van der Waals surface area contributed by atoms with Gasteiger partial charge in [-0.1, -0.05) is 0 Å². The zero-order chi connectivity index (χ0) is 29.1. The molecule has 0 bridgehead atoms. The zero-order valence-corrected chi connectivity index (χ0v) is 23.5. The number of halogens is 2. The lowest BCUT2D eigenvalue weighted by Crippen LogP contribution is -2.52. The van der Waals surface area contributed by atoms with Crippen LogP contribution < -0.4 is 0 Å². The molecule has 0 amide bonds. The summed E-state index contributed by atoms with van der Waals surface area (Å²) in [5.74, 6) is -3.30. The Kier molecular flexibility index (Phi) is 6.83. The average molecular weight is 584 g/mol. The Morgan fingerprint density at radius 3 is 2.73 bits per heavy atom. The molecular formula is C28H27F2N5O5S. The Bertz CT molecular complexity index is 1660. The quantitative estimate of drug-likeness (QED) is 0.284. The van der Waals surface area contributed by atoms with Gasteiger partial charge in [-0.2, -0.15) is 5.06 Å². The molecule has 2 atom stereocenters. The summed E-state index contributed by atoms with van der Waals surface area (Å²) in [5, 5.41) is 2.42. The monoisotopic (exact) mass is 583 g/mol. The van der Waals surface area contributed by atoms with E-state index in [0.717, 1.165) is 23.9 Å². The van der Waals surface area contributed by atoms with E-state index in [0.29, 0.717) is 38.5 Å². The molecule has 1 saturated heterocycles. The number of hydroxylamine groups is 2. The molecule has 5 heterocycles. The van der Waals surface area contributed by atoms with E-state index in [1.165, 1.54) is 0 Å². The number of Topliss-reactive ketones (excluding diaryl/α,β-unsaturated/α-hetero) is 1. The van der Waals surface area contributed by atoms with Gasteiger partial charge in [0.2, 0.25) is 0 Å². The Balaban J connectivity index is 1.36. The lowest BCUT2D eigenvalue weighted by Gasteiger charge is -2.39. The van der Waals surface area contributed by atoms with Crippen molar-refractivity contribution in [2.45, 2.75) is 49.5 Å². The van der Waals surface area contributed by atoms with E-state index in [2.05, 4.69) is 15.0 Å². The maximum atomic E-state index is 13.7. The summed E-state index contributed by atoms with van der Waals surface area (Å²) in [7, 11) is 0. The van der Waals surface area contributed by atoms with E-state index in [4.69, 9.17) is 19.0 Å². The van der Waals surface area contributed by atoms with Crippen LogP contribution in [0.1, 0.15) is 55.4 Å². The third kappa shape index (κ3) is 5.20. The summed E-state index contributed by atoms with van der Waals surface area (Å²) in [6, 6.07) is 5.58. The number of H-pyrrole nitrogens is 2. The number of rotatable bonds is 6. The number of nitrogens with zero attached hydrogens (tertiary/aromatic N) is 3. The van der Waals surface area contributed by atoms with Crippen LogP contribution in [0.3, 0.4) is 0 Å². The molecule has 6 rings (SSSR count). The Morgan fingerprint density at radius 2 is 1.98 bits per heavy atom. The van der Waals surface area contributed by atoms with Crippen molar-refractivity contribution in [1.29, 1.82) is 0 Å². The first-order valence-corrected chi connectivity index (χ1v) is 13.9. The van der Waals surface area contributed by atoms with Crippen molar-refractivity contribution in [3.8, 4) is 0 Å². The van der Waals surface area contributed by atoms with Crippen LogP contribution in [0.15, 0.2) is 50.1 Å². The first-order chi connectivity index (χ1) is 19.5. The van der Waals surface area contributed by atoms with E-state index in [1.54, 1.807) is 30.3 Å². The van der Waals surface area contributed by atoms with Crippen molar-refractivity contribution in [2.24, 2.45) is 10.9 Å². The van der Waals surface area contributed by atoms with Gasteiger partial charge in [0.25, 0.3) is 0 Å². The molecule has 13 heteroatoms. The van der Waals surface area contributed by atoms with Gasteiger partial charge in [-0.25, -0.2) is 18.6 Å². The summed E-state index contributed by atoms with van der Waals surface area (Å²) in [6.45, 7) is 7.94. The van der Waals surface area contributed by atoms with E-state index in [1.807, 2.05) is 20.8 Å². The van der Waals surface area contributed by atoms with Gasteiger partial charge in [0.1, 0.15) is 5.76 Å². The number of fused-ring (bicyclic) bond motifs is 3. The number of carbonyl (C=O) groups excluding carboxylic acids is 2. The number of aromatic nitrogens is 3. The summed E-state index contributed by atoms with van der Waals surface area (Å²) in [6.07, 6.45) is 1.66. The standard InChI is InChI=1S/C28H27F2N5O5S/c1-5-38-26(37)25-24-13(10-31-25)22(23-18(32-24)11-35(12-19(23)36)40-28(2,3)4)20-6-7-21(39-20)41-27-33-16-8-14(29)15(30)9-17(16)34-27/h6-10,22-23,31H,5,11-12H2,1-4H3,(H,33,34). The molecule has 2 aliphatic rings. The fourth-order valence-electron chi connectivity index (χ4n) is 5.20. The smallest absolute Gasteiger partial charge is 0.357 e. The van der Waals surface area contributed by atoms with E-state index in [-0.39, 0.29) is 36.7 Å². The van der Waals surface area contributed by atoms with Crippen molar-refractivity contribution < 1.29 is 32.4 Å². The maximum absolute atomic E-state index is 13.7. The summed E-state index contributed by atoms with van der Waals surface area (Å²) in [4.78, 5) is 47.3. The number of benzene rings is 1.